The van der Waals surface area contributed by atoms with Crippen LogP contribution in [0.15, 0.2) is 47.5 Å². The number of benzene rings is 2. The summed E-state index contributed by atoms with van der Waals surface area (Å²) in [6, 6.07) is 10.9. The Bertz CT molecular complexity index is 1380. The molecule has 2 fully saturated rings. The third kappa shape index (κ3) is 6.14. The van der Waals surface area contributed by atoms with Crippen LogP contribution < -0.4 is 15.8 Å². The normalized spacial score (nSPS) is 18.5. The maximum absolute atomic E-state index is 13.2. The molecule has 3 aromatic rings. The molecular weight excluding hydrogens is 513 g/mol. The van der Waals surface area contributed by atoms with Gasteiger partial charge in [-0.05, 0) is 48.2 Å². The molecule has 1 aliphatic heterocycles. The zero-order valence-electron chi connectivity index (χ0n) is 20.5. The van der Waals surface area contributed by atoms with Crippen LogP contribution in [-0.2, 0) is 22.7 Å². The van der Waals surface area contributed by atoms with E-state index in [2.05, 4.69) is 20.1 Å². The third-order valence-corrected chi connectivity index (χ3v) is 7.94. The summed E-state index contributed by atoms with van der Waals surface area (Å²) in [6.45, 7) is 4.71. The molecule has 5 rings (SSSR count). The summed E-state index contributed by atoms with van der Waals surface area (Å²) in [5, 5.41) is 4.17. The first-order valence-electron chi connectivity index (χ1n) is 12.5. The fourth-order valence-corrected chi connectivity index (χ4v) is 5.44. The number of fused-ring (bicyclic) bond motifs is 1. The molecule has 1 amide bonds. The van der Waals surface area contributed by atoms with E-state index in [1.807, 2.05) is 18.2 Å². The summed E-state index contributed by atoms with van der Waals surface area (Å²) in [6.07, 6.45) is 3.87. The molecule has 1 aliphatic carbocycles. The van der Waals surface area contributed by atoms with Crippen LogP contribution in [0.2, 0.25) is 10.0 Å². The minimum atomic E-state index is -0.300. The lowest BCUT2D eigenvalue weighted by atomic mass is 10.1. The molecule has 1 N–H and O–H groups in total. The molecule has 2 heterocycles. The van der Waals surface area contributed by atoms with Gasteiger partial charge in [0.25, 0.3) is 5.56 Å². The summed E-state index contributed by atoms with van der Waals surface area (Å²) in [7, 11) is 0. The SMILES string of the molecule is O=C1CCC(CN2CCN(c3ccc4ncn(CC(=O)NCc5ccc(Cl)c(Cl)c5)c(=O)c4c3)CC2)C1. The number of rotatable bonds is 7. The van der Waals surface area contributed by atoms with Crippen molar-refractivity contribution in [3.8, 4) is 0 Å². The van der Waals surface area contributed by atoms with Gasteiger partial charge in [-0.1, -0.05) is 29.3 Å². The van der Waals surface area contributed by atoms with Crippen molar-refractivity contribution in [2.45, 2.75) is 32.4 Å². The maximum Gasteiger partial charge on any atom is 0.261 e. The minimum absolute atomic E-state index is 0.129. The molecule has 2 aromatic carbocycles. The Balaban J connectivity index is 1.21. The molecule has 0 spiro atoms. The molecule has 0 radical (unpaired) electrons. The van der Waals surface area contributed by atoms with E-state index in [1.54, 1.807) is 18.2 Å². The smallest absolute Gasteiger partial charge is 0.261 e. The van der Waals surface area contributed by atoms with Gasteiger partial charge >= 0.3 is 0 Å². The molecule has 10 heteroatoms. The van der Waals surface area contributed by atoms with Gasteiger partial charge in [0.1, 0.15) is 12.3 Å². The van der Waals surface area contributed by atoms with Crippen LogP contribution in [0, 0.1) is 5.92 Å². The third-order valence-electron chi connectivity index (χ3n) is 7.20. The number of carbonyl (C=O) groups excluding carboxylic acids is 2. The molecule has 37 heavy (non-hydrogen) atoms. The van der Waals surface area contributed by atoms with Crippen molar-refractivity contribution in [3.05, 3.63) is 68.7 Å². The van der Waals surface area contributed by atoms with E-state index in [9.17, 15) is 14.4 Å². The second kappa shape index (κ2) is 11.2. The zero-order chi connectivity index (χ0) is 25.9. The van der Waals surface area contributed by atoms with E-state index in [0.29, 0.717) is 32.6 Å². The summed E-state index contributed by atoms with van der Waals surface area (Å²) < 4.78 is 1.33. The topological polar surface area (TPSA) is 87.5 Å². The number of Topliss-reactive ketones (excluding diaryl/α,β-unsaturated/α-hetero) is 1. The van der Waals surface area contributed by atoms with Crippen LogP contribution in [0.3, 0.4) is 0 Å². The number of nitrogens with zero attached hydrogens (tertiary/aromatic N) is 4. The number of hydrogen-bond acceptors (Lipinski definition) is 6. The van der Waals surface area contributed by atoms with Gasteiger partial charge in [0.05, 0.1) is 27.3 Å². The molecular formula is C27H29Cl2N5O3. The fourth-order valence-electron chi connectivity index (χ4n) is 5.12. The fraction of sp³-hybridized carbons (Fsp3) is 0.407. The van der Waals surface area contributed by atoms with Gasteiger partial charge in [0.2, 0.25) is 5.91 Å². The standard InChI is InChI=1S/C27H29Cl2N5O3/c28-23-5-2-18(12-24(23)29)14-30-26(36)16-34-17-31-25-6-3-20(13-22(25)27(34)37)33-9-7-32(8-10-33)15-19-1-4-21(35)11-19/h2-3,5-6,12-13,17,19H,1,4,7-11,14-16H2,(H,30,36). The highest BCUT2D eigenvalue weighted by atomic mass is 35.5. The van der Waals surface area contributed by atoms with Crippen LogP contribution in [-0.4, -0.2) is 58.9 Å². The molecule has 1 saturated carbocycles. The highest BCUT2D eigenvalue weighted by Gasteiger charge is 2.26. The van der Waals surface area contributed by atoms with Crippen molar-refractivity contribution in [1.29, 1.82) is 0 Å². The second-order valence-corrected chi connectivity index (χ2v) is 10.7. The van der Waals surface area contributed by atoms with Gasteiger partial charge in [0.15, 0.2) is 0 Å². The predicted molar refractivity (Wildman–Crippen MR) is 145 cm³/mol. The molecule has 1 saturated heterocycles. The first kappa shape index (κ1) is 25.7. The Morgan fingerprint density at radius 1 is 1.03 bits per heavy atom. The van der Waals surface area contributed by atoms with Crippen molar-refractivity contribution in [2.24, 2.45) is 5.92 Å². The number of anilines is 1. The molecule has 8 nitrogen and oxygen atoms in total. The number of piperazine rings is 1. The molecule has 0 bridgehead atoms. The maximum atomic E-state index is 13.2. The van der Waals surface area contributed by atoms with Crippen molar-refractivity contribution in [3.63, 3.8) is 0 Å². The van der Waals surface area contributed by atoms with E-state index < -0.39 is 0 Å². The molecule has 1 atom stereocenters. The average molecular weight is 542 g/mol. The number of halogens is 2. The van der Waals surface area contributed by atoms with E-state index >= 15 is 0 Å². The van der Waals surface area contributed by atoms with Gasteiger partial charge in [-0.2, -0.15) is 0 Å². The number of amides is 1. The van der Waals surface area contributed by atoms with Crippen LogP contribution in [0.25, 0.3) is 10.9 Å². The average Bonchev–Trinajstić information content (AvgIpc) is 3.31. The first-order chi connectivity index (χ1) is 17.9. The quantitative estimate of drug-likeness (QED) is 0.492. The van der Waals surface area contributed by atoms with Crippen LogP contribution >= 0.6 is 23.2 Å². The summed E-state index contributed by atoms with van der Waals surface area (Å²) in [5.41, 5.74) is 2.14. The molecule has 1 aromatic heterocycles. The number of nitrogens with one attached hydrogen (secondary N) is 1. The lowest BCUT2D eigenvalue weighted by molar-refractivity contribution is -0.122. The molecule has 1 unspecified atom stereocenters. The van der Waals surface area contributed by atoms with Gasteiger partial charge in [-0.15, -0.1) is 0 Å². The number of carbonyl (C=O) groups is 2. The van der Waals surface area contributed by atoms with Gasteiger partial charge in [0, 0.05) is 57.8 Å². The Labute approximate surface area is 225 Å². The Hall–Kier alpha value is -2.94. The number of ketones is 1. The summed E-state index contributed by atoms with van der Waals surface area (Å²) in [5.74, 6) is 0.582. The second-order valence-electron chi connectivity index (χ2n) is 9.84. The zero-order valence-corrected chi connectivity index (χ0v) is 22.0. The van der Waals surface area contributed by atoms with E-state index in [0.717, 1.165) is 63.2 Å². The van der Waals surface area contributed by atoms with Crippen molar-refractivity contribution >= 4 is 51.5 Å². The minimum Gasteiger partial charge on any atom is -0.369 e. The van der Waals surface area contributed by atoms with Gasteiger partial charge < -0.3 is 10.2 Å². The van der Waals surface area contributed by atoms with Crippen LogP contribution in [0.1, 0.15) is 24.8 Å². The van der Waals surface area contributed by atoms with Crippen molar-refractivity contribution < 1.29 is 9.59 Å². The van der Waals surface area contributed by atoms with Crippen LogP contribution in [0.5, 0.6) is 0 Å². The number of hydrogen-bond donors (Lipinski definition) is 1. The monoisotopic (exact) mass is 541 g/mol. The van der Waals surface area contributed by atoms with E-state index in [-0.39, 0.29) is 24.6 Å². The predicted octanol–water partition coefficient (Wildman–Crippen LogP) is 3.51. The Kier molecular flexibility index (Phi) is 7.79. The summed E-state index contributed by atoms with van der Waals surface area (Å²) >= 11 is 12.0. The van der Waals surface area contributed by atoms with Crippen LogP contribution in [0.4, 0.5) is 5.69 Å². The van der Waals surface area contributed by atoms with E-state index in [4.69, 9.17) is 23.2 Å². The highest BCUT2D eigenvalue weighted by Crippen LogP contribution is 2.25. The highest BCUT2D eigenvalue weighted by molar-refractivity contribution is 6.42. The molecule has 194 valence electrons. The summed E-state index contributed by atoms with van der Waals surface area (Å²) in [4.78, 5) is 46.4. The van der Waals surface area contributed by atoms with E-state index in [1.165, 1.54) is 10.9 Å². The van der Waals surface area contributed by atoms with Crippen molar-refractivity contribution in [2.75, 3.05) is 37.6 Å². The Morgan fingerprint density at radius 2 is 1.84 bits per heavy atom. The molecule has 2 aliphatic rings. The Morgan fingerprint density at radius 3 is 2.57 bits per heavy atom. The number of aromatic nitrogens is 2. The van der Waals surface area contributed by atoms with Crippen molar-refractivity contribution in [1.82, 2.24) is 19.8 Å². The lowest BCUT2D eigenvalue weighted by Crippen LogP contribution is -2.47. The van der Waals surface area contributed by atoms with Gasteiger partial charge in [-0.25, -0.2) is 4.98 Å². The largest absolute Gasteiger partial charge is 0.369 e. The lowest BCUT2D eigenvalue weighted by Gasteiger charge is -2.37. The van der Waals surface area contributed by atoms with Gasteiger partial charge in [-0.3, -0.25) is 23.9 Å². The first-order valence-corrected chi connectivity index (χ1v) is 13.3.